The molecule has 0 amide bonds. The summed E-state index contributed by atoms with van der Waals surface area (Å²) in [6, 6.07) is 6.73. The molecule has 0 aliphatic rings. The first-order valence-corrected chi connectivity index (χ1v) is 5.79. The van der Waals surface area contributed by atoms with Gasteiger partial charge in [-0.2, -0.15) is 0 Å². The summed E-state index contributed by atoms with van der Waals surface area (Å²) < 4.78 is 0. The Balaban J connectivity index is 2.25. The number of rotatable bonds is 3. The Hall–Kier alpha value is -1.51. The molecule has 1 aromatic heterocycles. The lowest BCUT2D eigenvalue weighted by Crippen LogP contribution is -2.21. The van der Waals surface area contributed by atoms with E-state index in [9.17, 15) is 0 Å². The van der Waals surface area contributed by atoms with Gasteiger partial charge in [-0.1, -0.05) is 13.8 Å². The predicted molar refractivity (Wildman–Crippen MR) is 68.8 cm³/mol. The molecule has 3 heteroatoms. The molecule has 1 atom stereocenters. The molecule has 2 rings (SSSR count). The standard InChI is InChI=1S/C13H19N3/c1-8(2)9(3)14-11-5-6-12-13(7-11)16-10(4)15-12/h5-9,14H,1-4H3,(H,15,16). The van der Waals surface area contributed by atoms with E-state index in [-0.39, 0.29) is 0 Å². The third-order valence-corrected chi connectivity index (χ3v) is 2.99. The number of hydrogen-bond donors (Lipinski definition) is 2. The fourth-order valence-corrected chi connectivity index (χ4v) is 1.66. The zero-order valence-corrected chi connectivity index (χ0v) is 10.3. The lowest BCUT2D eigenvalue weighted by atomic mass is 10.1. The molecule has 0 saturated carbocycles. The number of imidazole rings is 1. The summed E-state index contributed by atoms with van der Waals surface area (Å²) in [5.74, 6) is 1.59. The first kappa shape index (κ1) is 11.0. The van der Waals surface area contributed by atoms with Crippen molar-refractivity contribution in [1.82, 2.24) is 9.97 Å². The molecule has 0 aliphatic carbocycles. The molecule has 0 radical (unpaired) electrons. The average Bonchev–Trinajstić information content (AvgIpc) is 2.57. The van der Waals surface area contributed by atoms with Crippen molar-refractivity contribution < 1.29 is 0 Å². The molecule has 0 saturated heterocycles. The van der Waals surface area contributed by atoms with Gasteiger partial charge in [0.15, 0.2) is 0 Å². The van der Waals surface area contributed by atoms with Gasteiger partial charge in [0.25, 0.3) is 0 Å². The van der Waals surface area contributed by atoms with E-state index >= 15 is 0 Å². The van der Waals surface area contributed by atoms with Crippen molar-refractivity contribution in [1.29, 1.82) is 0 Å². The van der Waals surface area contributed by atoms with Gasteiger partial charge in [-0.15, -0.1) is 0 Å². The van der Waals surface area contributed by atoms with Crippen molar-refractivity contribution in [3.05, 3.63) is 24.0 Å². The predicted octanol–water partition coefficient (Wildman–Crippen LogP) is 3.33. The molecule has 2 aromatic rings. The fourth-order valence-electron chi connectivity index (χ4n) is 1.66. The van der Waals surface area contributed by atoms with Crippen molar-refractivity contribution in [2.45, 2.75) is 33.7 Å². The van der Waals surface area contributed by atoms with Crippen LogP contribution in [0.3, 0.4) is 0 Å². The Morgan fingerprint density at radius 2 is 2.00 bits per heavy atom. The Morgan fingerprint density at radius 1 is 1.25 bits per heavy atom. The third-order valence-electron chi connectivity index (χ3n) is 2.99. The fraction of sp³-hybridized carbons (Fsp3) is 0.462. The van der Waals surface area contributed by atoms with Gasteiger partial charge in [-0.05, 0) is 38.0 Å². The Bertz CT molecular complexity index is 485. The number of aromatic nitrogens is 2. The summed E-state index contributed by atoms with van der Waals surface area (Å²) in [5, 5.41) is 3.49. The Morgan fingerprint density at radius 3 is 2.69 bits per heavy atom. The minimum atomic E-state index is 0.474. The van der Waals surface area contributed by atoms with Crippen LogP contribution in [-0.4, -0.2) is 16.0 Å². The second kappa shape index (κ2) is 4.16. The van der Waals surface area contributed by atoms with Crippen LogP contribution < -0.4 is 5.32 Å². The summed E-state index contributed by atoms with van der Waals surface area (Å²) in [7, 11) is 0. The maximum absolute atomic E-state index is 4.39. The van der Waals surface area contributed by atoms with Crippen LogP contribution >= 0.6 is 0 Å². The quantitative estimate of drug-likeness (QED) is 0.828. The molecule has 3 nitrogen and oxygen atoms in total. The number of hydrogen-bond acceptors (Lipinski definition) is 2. The van der Waals surface area contributed by atoms with Crippen LogP contribution in [0.4, 0.5) is 5.69 Å². The maximum Gasteiger partial charge on any atom is 0.104 e. The second-order valence-corrected chi connectivity index (χ2v) is 4.73. The van der Waals surface area contributed by atoms with Crippen molar-refractivity contribution in [3.8, 4) is 0 Å². The normalized spacial score (nSPS) is 13.3. The number of aromatic amines is 1. The number of anilines is 1. The summed E-state index contributed by atoms with van der Waals surface area (Å²) in [6.07, 6.45) is 0. The van der Waals surface area contributed by atoms with Gasteiger partial charge in [0.1, 0.15) is 5.82 Å². The van der Waals surface area contributed by atoms with E-state index in [1.54, 1.807) is 0 Å². The smallest absolute Gasteiger partial charge is 0.104 e. The van der Waals surface area contributed by atoms with E-state index in [1.807, 2.05) is 13.0 Å². The number of nitrogens with zero attached hydrogens (tertiary/aromatic N) is 1. The van der Waals surface area contributed by atoms with Gasteiger partial charge in [0.2, 0.25) is 0 Å². The molecule has 0 aliphatic heterocycles. The van der Waals surface area contributed by atoms with Crippen molar-refractivity contribution in [2.24, 2.45) is 5.92 Å². The minimum Gasteiger partial charge on any atom is -0.382 e. The Labute approximate surface area is 96.3 Å². The van der Waals surface area contributed by atoms with Crippen molar-refractivity contribution >= 4 is 16.7 Å². The van der Waals surface area contributed by atoms with Crippen LogP contribution in [0.5, 0.6) is 0 Å². The van der Waals surface area contributed by atoms with E-state index in [0.29, 0.717) is 12.0 Å². The lowest BCUT2D eigenvalue weighted by molar-refractivity contribution is 0.560. The van der Waals surface area contributed by atoms with Crippen LogP contribution in [0.2, 0.25) is 0 Å². The monoisotopic (exact) mass is 217 g/mol. The second-order valence-electron chi connectivity index (χ2n) is 4.73. The first-order valence-electron chi connectivity index (χ1n) is 5.79. The number of nitrogens with one attached hydrogen (secondary N) is 2. The number of fused-ring (bicyclic) bond motifs is 1. The number of benzene rings is 1. The average molecular weight is 217 g/mol. The molecular weight excluding hydrogens is 198 g/mol. The zero-order chi connectivity index (χ0) is 11.7. The Kier molecular flexibility index (Phi) is 2.86. The molecule has 0 fully saturated rings. The van der Waals surface area contributed by atoms with Crippen LogP contribution in [0, 0.1) is 12.8 Å². The highest BCUT2D eigenvalue weighted by molar-refractivity contribution is 5.79. The highest BCUT2D eigenvalue weighted by atomic mass is 14.9. The number of aryl methyl sites for hydroxylation is 1. The molecule has 1 aromatic carbocycles. The topological polar surface area (TPSA) is 40.7 Å². The number of H-pyrrole nitrogens is 1. The molecule has 2 N–H and O–H groups in total. The first-order chi connectivity index (χ1) is 7.56. The molecule has 0 bridgehead atoms. The lowest BCUT2D eigenvalue weighted by Gasteiger charge is -2.18. The van der Waals surface area contributed by atoms with E-state index in [4.69, 9.17) is 0 Å². The van der Waals surface area contributed by atoms with Crippen LogP contribution in [-0.2, 0) is 0 Å². The van der Waals surface area contributed by atoms with Crippen LogP contribution in [0.15, 0.2) is 18.2 Å². The van der Waals surface area contributed by atoms with E-state index in [2.05, 4.69) is 48.2 Å². The zero-order valence-electron chi connectivity index (χ0n) is 10.3. The van der Waals surface area contributed by atoms with Crippen LogP contribution in [0.1, 0.15) is 26.6 Å². The van der Waals surface area contributed by atoms with Gasteiger partial charge in [0.05, 0.1) is 11.0 Å². The molecular formula is C13H19N3. The summed E-state index contributed by atoms with van der Waals surface area (Å²) in [5.41, 5.74) is 3.27. The summed E-state index contributed by atoms with van der Waals surface area (Å²) >= 11 is 0. The third kappa shape index (κ3) is 2.18. The van der Waals surface area contributed by atoms with Gasteiger partial charge < -0.3 is 10.3 Å². The summed E-state index contributed by atoms with van der Waals surface area (Å²) in [4.78, 5) is 7.64. The maximum atomic E-state index is 4.39. The highest BCUT2D eigenvalue weighted by Crippen LogP contribution is 2.18. The van der Waals surface area contributed by atoms with E-state index < -0.39 is 0 Å². The van der Waals surface area contributed by atoms with Crippen molar-refractivity contribution in [2.75, 3.05) is 5.32 Å². The van der Waals surface area contributed by atoms with Gasteiger partial charge in [-0.25, -0.2) is 4.98 Å². The summed E-state index contributed by atoms with van der Waals surface area (Å²) in [6.45, 7) is 8.62. The minimum absolute atomic E-state index is 0.474. The SMILES string of the molecule is Cc1nc2ccc(NC(C)C(C)C)cc2[nH]1. The van der Waals surface area contributed by atoms with Crippen LogP contribution in [0.25, 0.3) is 11.0 Å². The van der Waals surface area contributed by atoms with Gasteiger partial charge in [-0.3, -0.25) is 0 Å². The molecule has 86 valence electrons. The van der Waals surface area contributed by atoms with E-state index in [0.717, 1.165) is 22.5 Å². The highest BCUT2D eigenvalue weighted by Gasteiger charge is 2.07. The van der Waals surface area contributed by atoms with E-state index in [1.165, 1.54) is 0 Å². The van der Waals surface area contributed by atoms with Crippen molar-refractivity contribution in [3.63, 3.8) is 0 Å². The molecule has 0 spiro atoms. The van der Waals surface area contributed by atoms with Gasteiger partial charge >= 0.3 is 0 Å². The molecule has 1 heterocycles. The van der Waals surface area contributed by atoms with Gasteiger partial charge in [0, 0.05) is 11.7 Å². The largest absolute Gasteiger partial charge is 0.382 e. The molecule has 1 unspecified atom stereocenters. The molecule has 16 heavy (non-hydrogen) atoms.